The number of aryl methyl sites for hydroxylation is 4. The molecule has 0 radical (unpaired) electrons. The summed E-state index contributed by atoms with van der Waals surface area (Å²) in [7, 11) is 1.80. The van der Waals surface area contributed by atoms with Crippen LogP contribution in [0, 0.1) is 32.1 Å². The number of nitriles is 1. The van der Waals surface area contributed by atoms with Crippen LogP contribution >= 0.6 is 0 Å². The summed E-state index contributed by atoms with van der Waals surface area (Å²) in [4.78, 5) is 9.07. The molecule has 2 heterocycles. The van der Waals surface area contributed by atoms with Gasteiger partial charge in [-0.25, -0.2) is 9.97 Å². The third-order valence-corrected chi connectivity index (χ3v) is 4.12. The summed E-state index contributed by atoms with van der Waals surface area (Å²) in [5, 5.41) is 16.7. The van der Waals surface area contributed by atoms with Crippen molar-refractivity contribution < 1.29 is 0 Å². The Balaban J connectivity index is 2.02. The van der Waals surface area contributed by atoms with Gasteiger partial charge in [-0.2, -0.15) is 10.4 Å². The zero-order valence-electron chi connectivity index (χ0n) is 14.8. The van der Waals surface area contributed by atoms with Gasteiger partial charge in [0.05, 0.1) is 6.20 Å². The topological polar surface area (TPSA) is 79.4 Å². The van der Waals surface area contributed by atoms with Gasteiger partial charge in [0, 0.05) is 24.7 Å². The van der Waals surface area contributed by atoms with Crippen molar-refractivity contribution in [3.05, 3.63) is 64.2 Å². The highest BCUT2D eigenvalue weighted by molar-refractivity contribution is 5.63. The molecule has 2 aromatic heterocycles. The molecule has 0 saturated carbocycles. The number of benzene rings is 1. The molecule has 6 heteroatoms. The highest BCUT2D eigenvalue weighted by atomic mass is 15.3. The zero-order chi connectivity index (χ0) is 18.0. The van der Waals surface area contributed by atoms with Gasteiger partial charge in [0.1, 0.15) is 29.1 Å². The lowest BCUT2D eigenvalue weighted by molar-refractivity contribution is 0.775. The Labute approximate surface area is 147 Å². The van der Waals surface area contributed by atoms with E-state index in [-0.39, 0.29) is 0 Å². The molecular weight excluding hydrogens is 312 g/mol. The smallest absolute Gasteiger partial charge is 0.147 e. The Hall–Kier alpha value is -3.20. The number of anilines is 2. The van der Waals surface area contributed by atoms with E-state index in [1.807, 2.05) is 13.8 Å². The molecule has 0 atom stereocenters. The Morgan fingerprint density at radius 2 is 1.84 bits per heavy atom. The highest BCUT2D eigenvalue weighted by Crippen LogP contribution is 2.25. The minimum absolute atomic E-state index is 0.484. The van der Waals surface area contributed by atoms with Gasteiger partial charge in [0.2, 0.25) is 0 Å². The number of hydrogen-bond acceptors (Lipinski definition) is 5. The van der Waals surface area contributed by atoms with Crippen molar-refractivity contribution in [1.82, 2.24) is 19.7 Å². The fraction of sp³-hybridized carbons (Fsp3) is 0.263. The van der Waals surface area contributed by atoms with Crippen LogP contribution < -0.4 is 5.32 Å². The lowest BCUT2D eigenvalue weighted by Crippen LogP contribution is -2.09. The summed E-state index contributed by atoms with van der Waals surface area (Å²) in [6, 6.07) is 10.6. The summed E-state index contributed by atoms with van der Waals surface area (Å²) in [5.74, 6) is 2.03. The molecule has 1 N–H and O–H groups in total. The molecule has 0 spiro atoms. The molecule has 6 nitrogen and oxygen atoms in total. The standard InChI is InChI=1S/C19H20N6/c1-12-5-7-15(8-6-12)9-17-13(2)22-14(3)23-18(17)24-19-16(10-20)11-21-25(19)4/h5-8,11H,9H2,1-4H3,(H,22,23,24). The molecule has 0 saturated heterocycles. The first-order valence-corrected chi connectivity index (χ1v) is 8.06. The molecular formula is C19H20N6. The minimum atomic E-state index is 0.484. The van der Waals surface area contributed by atoms with E-state index >= 15 is 0 Å². The van der Waals surface area contributed by atoms with Gasteiger partial charge >= 0.3 is 0 Å². The lowest BCUT2D eigenvalue weighted by Gasteiger charge is -2.15. The van der Waals surface area contributed by atoms with Crippen LogP contribution in [0.25, 0.3) is 0 Å². The normalized spacial score (nSPS) is 10.5. The fourth-order valence-corrected chi connectivity index (χ4v) is 2.74. The van der Waals surface area contributed by atoms with Crippen LogP contribution in [-0.2, 0) is 13.5 Å². The average Bonchev–Trinajstić information content (AvgIpc) is 2.92. The molecule has 0 unspecified atom stereocenters. The Kier molecular flexibility index (Phi) is 4.48. The molecule has 0 fully saturated rings. The van der Waals surface area contributed by atoms with E-state index in [2.05, 4.69) is 57.6 Å². The van der Waals surface area contributed by atoms with Crippen LogP contribution in [0.15, 0.2) is 30.5 Å². The Morgan fingerprint density at radius 3 is 2.52 bits per heavy atom. The van der Waals surface area contributed by atoms with Crippen LogP contribution in [0.5, 0.6) is 0 Å². The van der Waals surface area contributed by atoms with E-state index < -0.39 is 0 Å². The second kappa shape index (κ2) is 6.73. The number of hydrogen-bond donors (Lipinski definition) is 1. The number of rotatable bonds is 4. The first-order valence-electron chi connectivity index (χ1n) is 8.06. The highest BCUT2D eigenvalue weighted by Gasteiger charge is 2.15. The van der Waals surface area contributed by atoms with Crippen molar-refractivity contribution in [1.29, 1.82) is 5.26 Å². The number of aromatic nitrogens is 4. The average molecular weight is 332 g/mol. The van der Waals surface area contributed by atoms with Crippen LogP contribution in [0.3, 0.4) is 0 Å². The van der Waals surface area contributed by atoms with E-state index in [4.69, 9.17) is 0 Å². The van der Waals surface area contributed by atoms with E-state index in [1.165, 1.54) is 11.1 Å². The second-order valence-electron chi connectivity index (χ2n) is 6.11. The van der Waals surface area contributed by atoms with Gasteiger partial charge in [-0.05, 0) is 26.3 Å². The van der Waals surface area contributed by atoms with Crippen molar-refractivity contribution in [3.63, 3.8) is 0 Å². The Bertz CT molecular complexity index is 947. The largest absolute Gasteiger partial charge is 0.324 e. The molecule has 3 rings (SSSR count). The van der Waals surface area contributed by atoms with E-state index in [0.29, 0.717) is 29.4 Å². The lowest BCUT2D eigenvalue weighted by atomic mass is 10.0. The first-order chi connectivity index (χ1) is 12.0. The molecule has 25 heavy (non-hydrogen) atoms. The zero-order valence-corrected chi connectivity index (χ0v) is 14.8. The Morgan fingerprint density at radius 1 is 1.12 bits per heavy atom. The van der Waals surface area contributed by atoms with Gasteiger partial charge in [-0.1, -0.05) is 29.8 Å². The maximum atomic E-state index is 9.27. The molecule has 126 valence electrons. The van der Waals surface area contributed by atoms with Crippen molar-refractivity contribution in [2.45, 2.75) is 27.2 Å². The van der Waals surface area contributed by atoms with Gasteiger partial charge in [-0.15, -0.1) is 0 Å². The first kappa shape index (κ1) is 16.7. The summed E-state index contributed by atoms with van der Waals surface area (Å²) in [5.41, 5.74) is 4.84. The van der Waals surface area contributed by atoms with E-state index in [9.17, 15) is 5.26 Å². The van der Waals surface area contributed by atoms with Crippen LogP contribution in [0.4, 0.5) is 11.6 Å². The molecule has 0 aliphatic rings. The van der Waals surface area contributed by atoms with Crippen LogP contribution in [-0.4, -0.2) is 19.7 Å². The molecule has 1 aromatic carbocycles. The van der Waals surface area contributed by atoms with E-state index in [0.717, 1.165) is 11.3 Å². The van der Waals surface area contributed by atoms with Crippen molar-refractivity contribution >= 4 is 11.6 Å². The number of nitrogens with zero attached hydrogens (tertiary/aromatic N) is 5. The quantitative estimate of drug-likeness (QED) is 0.792. The third kappa shape index (κ3) is 3.50. The second-order valence-corrected chi connectivity index (χ2v) is 6.11. The summed E-state index contributed by atoms with van der Waals surface area (Å²) >= 11 is 0. The maximum Gasteiger partial charge on any atom is 0.147 e. The molecule has 0 aliphatic heterocycles. The van der Waals surface area contributed by atoms with Crippen molar-refractivity contribution in [3.8, 4) is 6.07 Å². The SMILES string of the molecule is Cc1ccc(Cc2c(C)nc(C)nc2Nc2c(C#N)cnn2C)cc1. The predicted molar refractivity (Wildman–Crippen MR) is 96.7 cm³/mol. The molecule has 0 aliphatic carbocycles. The van der Waals surface area contributed by atoms with Crippen molar-refractivity contribution in [2.75, 3.05) is 5.32 Å². The summed E-state index contributed by atoms with van der Waals surface area (Å²) < 4.78 is 1.64. The molecule has 0 amide bonds. The monoisotopic (exact) mass is 332 g/mol. The predicted octanol–water partition coefficient (Wildman–Crippen LogP) is 3.34. The van der Waals surface area contributed by atoms with Crippen LogP contribution in [0.1, 0.15) is 33.8 Å². The van der Waals surface area contributed by atoms with Crippen molar-refractivity contribution in [2.24, 2.45) is 7.05 Å². The van der Waals surface area contributed by atoms with Gasteiger partial charge in [-0.3, -0.25) is 4.68 Å². The van der Waals surface area contributed by atoms with Gasteiger partial charge in [0.15, 0.2) is 0 Å². The summed E-state index contributed by atoms with van der Waals surface area (Å²) in [6.07, 6.45) is 2.26. The van der Waals surface area contributed by atoms with E-state index in [1.54, 1.807) is 17.9 Å². The van der Waals surface area contributed by atoms with Gasteiger partial charge < -0.3 is 5.32 Å². The molecule has 3 aromatic rings. The third-order valence-electron chi connectivity index (χ3n) is 4.12. The number of nitrogens with one attached hydrogen (secondary N) is 1. The molecule has 0 bridgehead atoms. The maximum absolute atomic E-state index is 9.27. The van der Waals surface area contributed by atoms with Crippen LogP contribution in [0.2, 0.25) is 0 Å². The fourth-order valence-electron chi connectivity index (χ4n) is 2.74. The minimum Gasteiger partial charge on any atom is -0.324 e. The van der Waals surface area contributed by atoms with Gasteiger partial charge in [0.25, 0.3) is 0 Å². The summed E-state index contributed by atoms with van der Waals surface area (Å²) in [6.45, 7) is 5.92.